The van der Waals surface area contributed by atoms with Crippen LogP contribution in [0.4, 0.5) is 5.69 Å². The van der Waals surface area contributed by atoms with E-state index >= 15 is 0 Å². The Morgan fingerprint density at radius 3 is 2.79 bits per heavy atom. The Bertz CT molecular complexity index is 513. The van der Waals surface area contributed by atoms with Crippen molar-refractivity contribution in [2.45, 2.75) is 19.8 Å². The summed E-state index contributed by atoms with van der Waals surface area (Å²) in [5, 5.41) is 7.72. The van der Waals surface area contributed by atoms with Crippen molar-refractivity contribution in [3.63, 3.8) is 0 Å². The van der Waals surface area contributed by atoms with E-state index < -0.39 is 0 Å². The number of hydrogen-bond donors (Lipinski definition) is 1. The fourth-order valence-electron chi connectivity index (χ4n) is 1.56. The van der Waals surface area contributed by atoms with Gasteiger partial charge in [0, 0.05) is 36.9 Å². The topological polar surface area (TPSA) is 73.7 Å². The van der Waals surface area contributed by atoms with Gasteiger partial charge in [0.1, 0.15) is 5.04 Å². The smallest absolute Gasteiger partial charge is 0.330 e. The number of rotatable bonds is 4. The number of aliphatic imine (C=N–C) groups is 1. The summed E-state index contributed by atoms with van der Waals surface area (Å²) in [4.78, 5) is 15.7. The first-order valence-electron chi connectivity index (χ1n) is 6.16. The van der Waals surface area contributed by atoms with Gasteiger partial charge < -0.3 is 5.73 Å². The molecule has 1 radical (unpaired) electrons. The van der Waals surface area contributed by atoms with Crippen LogP contribution in [-0.4, -0.2) is 22.7 Å². The molecule has 2 rings (SSSR count). The number of para-hydroxylation sites is 1. The van der Waals surface area contributed by atoms with Crippen LogP contribution in [0.25, 0.3) is 0 Å². The highest BCUT2D eigenvalue weighted by Crippen LogP contribution is 2.27. The van der Waals surface area contributed by atoms with Crippen molar-refractivity contribution in [3.8, 4) is 0 Å². The first kappa shape index (κ1) is 13.9. The zero-order valence-electron chi connectivity index (χ0n) is 10.7. The lowest BCUT2D eigenvalue weighted by atomic mass is 10.3. The molecule has 0 fully saturated rings. The van der Waals surface area contributed by atoms with Gasteiger partial charge in [0.05, 0.1) is 5.01 Å². The lowest BCUT2D eigenvalue weighted by Gasteiger charge is -1.98. The highest BCUT2D eigenvalue weighted by atomic mass is 32.2. The molecule has 0 atom stereocenters. The Morgan fingerprint density at radius 1 is 1.42 bits per heavy atom. The molecule has 1 amide bonds. The van der Waals surface area contributed by atoms with Gasteiger partial charge in [-0.25, -0.2) is 0 Å². The largest absolute Gasteiger partial charge is 0.358 e. The minimum absolute atomic E-state index is 0.210. The number of benzene rings is 1. The molecule has 6 heteroatoms. The minimum Gasteiger partial charge on any atom is -0.330 e. The van der Waals surface area contributed by atoms with Gasteiger partial charge in [0.25, 0.3) is 5.91 Å². The number of nitrogens with two attached hydrogens (primary N) is 1. The number of carbonyl (C=O) groups excluding carboxylic acids is 1. The number of anilines is 1. The molecule has 0 bridgehead atoms. The number of amidine groups is 1. The van der Waals surface area contributed by atoms with Gasteiger partial charge in [-0.15, -0.1) is 4.99 Å². The van der Waals surface area contributed by atoms with Crippen molar-refractivity contribution in [1.82, 2.24) is 5.01 Å². The van der Waals surface area contributed by atoms with E-state index in [0.29, 0.717) is 11.7 Å². The Kier molecular flexibility index (Phi) is 4.84. The molecule has 1 aliphatic heterocycles. The second-order valence-corrected chi connectivity index (χ2v) is 4.96. The van der Waals surface area contributed by atoms with Crippen LogP contribution >= 0.6 is 11.8 Å². The van der Waals surface area contributed by atoms with Crippen molar-refractivity contribution in [3.05, 3.63) is 30.3 Å². The molecule has 1 aromatic rings. The Hall–Kier alpha value is -1.50. The lowest BCUT2D eigenvalue weighted by Crippen LogP contribution is -2.21. The first-order chi connectivity index (χ1) is 9.24. The second kappa shape index (κ2) is 6.60. The normalized spacial score (nSPS) is 17.8. The van der Waals surface area contributed by atoms with E-state index in [2.05, 4.69) is 10.1 Å². The zero-order valence-corrected chi connectivity index (χ0v) is 11.6. The standard InChI is InChI=1S/C13H16N4OS/c1-2-12-16-17(10-6-4-3-5-7-10)13(19-12)15-11(18)8-9-14/h3-7H,2,8-9,14H2,1H3/q+1. The second-order valence-electron chi connectivity index (χ2n) is 3.92. The maximum atomic E-state index is 11.6. The molecule has 1 aromatic carbocycles. The summed E-state index contributed by atoms with van der Waals surface area (Å²) < 4.78 is 0. The van der Waals surface area contributed by atoms with Gasteiger partial charge in [0.2, 0.25) is 5.69 Å². The van der Waals surface area contributed by atoms with Crippen molar-refractivity contribution in [1.29, 1.82) is 0 Å². The third kappa shape index (κ3) is 3.50. The van der Waals surface area contributed by atoms with Crippen molar-refractivity contribution in [2.24, 2.45) is 15.8 Å². The maximum absolute atomic E-state index is 11.6. The third-order valence-corrected chi connectivity index (χ3v) is 3.54. The molecule has 1 aliphatic rings. The fourth-order valence-corrected chi connectivity index (χ4v) is 2.42. The average molecular weight is 276 g/mol. The van der Waals surface area contributed by atoms with Crippen LogP contribution < -0.4 is 10.7 Å². The summed E-state index contributed by atoms with van der Waals surface area (Å²) in [6, 6.07) is 9.67. The molecule has 0 spiro atoms. The van der Waals surface area contributed by atoms with E-state index in [4.69, 9.17) is 5.73 Å². The highest BCUT2D eigenvalue weighted by molar-refractivity contribution is 8.27. The lowest BCUT2D eigenvalue weighted by molar-refractivity contribution is -0.117. The molecule has 1 heterocycles. The predicted octanol–water partition coefficient (Wildman–Crippen LogP) is 2.16. The molecule has 0 saturated carbocycles. The number of hydrazone groups is 1. The maximum Gasteiger partial charge on any atom is 0.358 e. The monoisotopic (exact) mass is 276 g/mol. The van der Waals surface area contributed by atoms with Crippen LogP contribution in [-0.2, 0) is 4.79 Å². The van der Waals surface area contributed by atoms with Gasteiger partial charge in [-0.05, 0) is 11.5 Å². The summed E-state index contributed by atoms with van der Waals surface area (Å²) >= 11 is 1.43. The van der Waals surface area contributed by atoms with Gasteiger partial charge in [-0.2, -0.15) is 0 Å². The quantitative estimate of drug-likeness (QED) is 0.856. The van der Waals surface area contributed by atoms with E-state index in [-0.39, 0.29) is 12.3 Å². The summed E-state index contributed by atoms with van der Waals surface area (Å²) in [5.41, 5.74) is 6.26. The van der Waals surface area contributed by atoms with Crippen LogP contribution in [0.5, 0.6) is 0 Å². The van der Waals surface area contributed by atoms with Crippen molar-refractivity contribution < 1.29 is 4.79 Å². The number of thioether (sulfide) groups is 1. The van der Waals surface area contributed by atoms with Gasteiger partial charge >= 0.3 is 5.17 Å². The Morgan fingerprint density at radius 2 is 2.16 bits per heavy atom. The van der Waals surface area contributed by atoms with Crippen LogP contribution in [0.1, 0.15) is 19.8 Å². The Labute approximate surface area is 116 Å². The molecule has 99 valence electrons. The number of nitrogens with zero attached hydrogens (tertiary/aromatic N) is 3. The van der Waals surface area contributed by atoms with Crippen LogP contribution in [0.15, 0.2) is 40.4 Å². The number of carbonyl (C=O) groups is 1. The molecule has 0 aliphatic carbocycles. The van der Waals surface area contributed by atoms with E-state index in [9.17, 15) is 4.79 Å². The van der Waals surface area contributed by atoms with E-state index in [1.54, 1.807) is 5.01 Å². The summed E-state index contributed by atoms with van der Waals surface area (Å²) in [6.07, 6.45) is 1.08. The van der Waals surface area contributed by atoms with Gasteiger partial charge in [-0.3, -0.25) is 4.79 Å². The van der Waals surface area contributed by atoms with Gasteiger partial charge in [-0.1, -0.05) is 25.1 Å². The Balaban J connectivity index is 2.26. The molecule has 2 N–H and O–H groups in total. The van der Waals surface area contributed by atoms with Crippen LogP contribution in [0.3, 0.4) is 0 Å². The van der Waals surface area contributed by atoms with Crippen LogP contribution in [0.2, 0.25) is 0 Å². The SMILES string of the molecule is CCC1=N[N+](c2ccccc2)C(=NC(=O)CCN)S1. The summed E-state index contributed by atoms with van der Waals surface area (Å²) in [6.45, 7) is 2.34. The number of hydrogen-bond acceptors (Lipinski definition) is 4. The van der Waals surface area contributed by atoms with Crippen molar-refractivity contribution >= 4 is 33.6 Å². The summed E-state index contributed by atoms with van der Waals surface area (Å²) in [5.74, 6) is -0.210. The van der Waals surface area contributed by atoms with E-state index in [1.807, 2.05) is 37.3 Å². The first-order valence-corrected chi connectivity index (χ1v) is 6.98. The van der Waals surface area contributed by atoms with Gasteiger partial charge in [0.15, 0.2) is 0 Å². The van der Waals surface area contributed by atoms with E-state index in [0.717, 1.165) is 17.2 Å². The van der Waals surface area contributed by atoms with Crippen LogP contribution in [0, 0.1) is 0 Å². The molecular weight excluding hydrogens is 260 g/mol. The summed E-state index contributed by atoms with van der Waals surface area (Å²) in [7, 11) is 0. The molecule has 0 unspecified atom stereocenters. The fraction of sp³-hybridized carbons (Fsp3) is 0.308. The molecule has 5 nitrogen and oxygen atoms in total. The third-order valence-electron chi connectivity index (χ3n) is 2.48. The number of amides is 1. The molecule has 0 aromatic heterocycles. The molecule has 0 saturated heterocycles. The predicted molar refractivity (Wildman–Crippen MR) is 79.7 cm³/mol. The zero-order chi connectivity index (χ0) is 13.7. The highest BCUT2D eigenvalue weighted by Gasteiger charge is 2.37. The minimum atomic E-state index is -0.210. The van der Waals surface area contributed by atoms with Crippen molar-refractivity contribution in [2.75, 3.05) is 6.54 Å². The molecular formula is C13H16N4OS+. The van der Waals surface area contributed by atoms with E-state index in [1.165, 1.54) is 11.8 Å². The average Bonchev–Trinajstić information content (AvgIpc) is 2.83. The molecule has 19 heavy (non-hydrogen) atoms.